The fourth-order valence-corrected chi connectivity index (χ4v) is 2.56. The first kappa shape index (κ1) is 16.7. The van der Waals surface area contributed by atoms with Crippen LogP contribution in [-0.2, 0) is 19.1 Å². The summed E-state index contributed by atoms with van der Waals surface area (Å²) in [5.74, 6) is -0.181. The summed E-state index contributed by atoms with van der Waals surface area (Å²) >= 11 is 0. The summed E-state index contributed by atoms with van der Waals surface area (Å²) in [6.07, 6.45) is 8.71. The van der Waals surface area contributed by atoms with Crippen molar-refractivity contribution in [3.05, 3.63) is 12.2 Å². The largest absolute Gasteiger partial charge is 0.460 e. The standard InChI is InChI=1S/C16H26O4/c1-4-5-13-6-8-14(9-7-13)20-16(18)11-10-15(17)19-12(2)3/h10-14H,4-9H2,1-3H3/b11-10+. The lowest BCUT2D eigenvalue weighted by Gasteiger charge is -2.27. The maximum absolute atomic E-state index is 11.6. The van der Waals surface area contributed by atoms with Gasteiger partial charge in [0.05, 0.1) is 6.10 Å². The number of carbonyl (C=O) groups is 2. The monoisotopic (exact) mass is 282 g/mol. The second-order valence-electron chi connectivity index (χ2n) is 5.69. The first-order valence-corrected chi connectivity index (χ1v) is 7.60. The van der Waals surface area contributed by atoms with E-state index < -0.39 is 11.9 Å². The lowest BCUT2D eigenvalue weighted by Crippen LogP contribution is -2.23. The number of ether oxygens (including phenoxy) is 2. The van der Waals surface area contributed by atoms with Crippen LogP contribution in [0.4, 0.5) is 0 Å². The zero-order chi connectivity index (χ0) is 15.0. The van der Waals surface area contributed by atoms with Crippen LogP contribution in [0.25, 0.3) is 0 Å². The van der Waals surface area contributed by atoms with Crippen molar-refractivity contribution < 1.29 is 19.1 Å². The molecule has 0 saturated heterocycles. The average molecular weight is 282 g/mol. The van der Waals surface area contributed by atoms with Gasteiger partial charge in [-0.05, 0) is 45.4 Å². The van der Waals surface area contributed by atoms with Gasteiger partial charge in [0.15, 0.2) is 0 Å². The second kappa shape index (κ2) is 8.77. The Labute approximate surface area is 121 Å². The molecule has 0 aromatic carbocycles. The van der Waals surface area contributed by atoms with Crippen molar-refractivity contribution in [3.63, 3.8) is 0 Å². The van der Waals surface area contributed by atoms with Crippen LogP contribution in [0, 0.1) is 5.92 Å². The molecule has 0 unspecified atom stereocenters. The summed E-state index contributed by atoms with van der Waals surface area (Å²) in [6, 6.07) is 0. The van der Waals surface area contributed by atoms with Crippen LogP contribution in [0.15, 0.2) is 12.2 Å². The summed E-state index contributed by atoms with van der Waals surface area (Å²) in [7, 11) is 0. The van der Waals surface area contributed by atoms with Gasteiger partial charge in [-0.25, -0.2) is 9.59 Å². The molecule has 0 aliphatic heterocycles. The van der Waals surface area contributed by atoms with Gasteiger partial charge in [-0.3, -0.25) is 0 Å². The van der Waals surface area contributed by atoms with Gasteiger partial charge in [0.1, 0.15) is 6.10 Å². The van der Waals surface area contributed by atoms with Crippen molar-refractivity contribution in [2.45, 2.75) is 71.5 Å². The van der Waals surface area contributed by atoms with Crippen LogP contribution in [0.1, 0.15) is 59.3 Å². The smallest absolute Gasteiger partial charge is 0.331 e. The van der Waals surface area contributed by atoms with Gasteiger partial charge in [0.25, 0.3) is 0 Å². The average Bonchev–Trinajstić information content (AvgIpc) is 2.38. The van der Waals surface area contributed by atoms with E-state index >= 15 is 0 Å². The number of carbonyl (C=O) groups excluding carboxylic acids is 2. The van der Waals surface area contributed by atoms with Crippen LogP contribution < -0.4 is 0 Å². The Morgan fingerprint density at radius 1 is 1.10 bits per heavy atom. The Hall–Kier alpha value is -1.32. The summed E-state index contributed by atoms with van der Waals surface area (Å²) < 4.78 is 10.2. The molecule has 0 heterocycles. The van der Waals surface area contributed by atoms with Gasteiger partial charge >= 0.3 is 11.9 Å². The van der Waals surface area contributed by atoms with Crippen molar-refractivity contribution in [1.29, 1.82) is 0 Å². The zero-order valence-corrected chi connectivity index (χ0v) is 12.8. The molecule has 1 fully saturated rings. The summed E-state index contributed by atoms with van der Waals surface area (Å²) in [5, 5.41) is 0. The van der Waals surface area contributed by atoms with Crippen molar-refractivity contribution in [3.8, 4) is 0 Å². The topological polar surface area (TPSA) is 52.6 Å². The third kappa shape index (κ3) is 6.73. The maximum atomic E-state index is 11.6. The van der Waals surface area contributed by atoms with Gasteiger partial charge < -0.3 is 9.47 Å². The van der Waals surface area contributed by atoms with Crippen molar-refractivity contribution in [2.24, 2.45) is 5.92 Å². The third-order valence-corrected chi connectivity index (χ3v) is 3.48. The van der Waals surface area contributed by atoms with E-state index in [0.29, 0.717) is 0 Å². The maximum Gasteiger partial charge on any atom is 0.331 e. The number of hydrogen-bond acceptors (Lipinski definition) is 4. The minimum absolute atomic E-state index is 0.00127. The summed E-state index contributed by atoms with van der Waals surface area (Å²) in [6.45, 7) is 5.73. The predicted molar refractivity (Wildman–Crippen MR) is 77.1 cm³/mol. The fourth-order valence-electron chi connectivity index (χ4n) is 2.56. The normalized spacial score (nSPS) is 23.0. The van der Waals surface area contributed by atoms with Gasteiger partial charge in [0.2, 0.25) is 0 Å². The second-order valence-corrected chi connectivity index (χ2v) is 5.69. The van der Waals surface area contributed by atoms with E-state index in [0.717, 1.165) is 43.8 Å². The Morgan fingerprint density at radius 3 is 2.25 bits per heavy atom. The van der Waals surface area contributed by atoms with E-state index in [4.69, 9.17) is 9.47 Å². The molecule has 0 spiro atoms. The number of hydrogen-bond donors (Lipinski definition) is 0. The molecule has 0 radical (unpaired) electrons. The highest BCUT2D eigenvalue weighted by Gasteiger charge is 2.22. The lowest BCUT2D eigenvalue weighted by molar-refractivity contribution is -0.146. The molecular formula is C16H26O4. The quantitative estimate of drug-likeness (QED) is 0.553. The summed E-state index contributed by atoms with van der Waals surface area (Å²) in [4.78, 5) is 22.8. The lowest BCUT2D eigenvalue weighted by atomic mass is 9.85. The molecule has 20 heavy (non-hydrogen) atoms. The van der Waals surface area contributed by atoms with Crippen molar-refractivity contribution >= 4 is 11.9 Å². The molecule has 0 aromatic heterocycles. The fraction of sp³-hybridized carbons (Fsp3) is 0.750. The Balaban J connectivity index is 2.26. The predicted octanol–water partition coefficient (Wildman–Crippen LogP) is 3.40. The van der Waals surface area contributed by atoms with Crippen LogP contribution in [0.2, 0.25) is 0 Å². The highest BCUT2D eigenvalue weighted by Crippen LogP contribution is 2.29. The molecule has 0 aromatic rings. The molecule has 114 valence electrons. The van der Waals surface area contributed by atoms with Gasteiger partial charge in [-0.15, -0.1) is 0 Å². The first-order chi connectivity index (χ1) is 9.51. The first-order valence-electron chi connectivity index (χ1n) is 7.60. The SMILES string of the molecule is CCCC1CCC(OC(=O)/C=C/C(=O)OC(C)C)CC1. The van der Waals surface area contributed by atoms with Crippen LogP contribution in [0.3, 0.4) is 0 Å². The van der Waals surface area contributed by atoms with E-state index in [2.05, 4.69) is 6.92 Å². The molecule has 1 aliphatic carbocycles. The van der Waals surface area contributed by atoms with Crippen LogP contribution in [-0.4, -0.2) is 24.1 Å². The van der Waals surface area contributed by atoms with Crippen LogP contribution in [0.5, 0.6) is 0 Å². The molecule has 0 bridgehead atoms. The van der Waals surface area contributed by atoms with Crippen LogP contribution >= 0.6 is 0 Å². The highest BCUT2D eigenvalue weighted by atomic mass is 16.5. The van der Waals surface area contributed by atoms with E-state index in [1.807, 2.05) is 0 Å². The Kier molecular flexibility index (Phi) is 7.34. The molecule has 0 N–H and O–H groups in total. The zero-order valence-electron chi connectivity index (χ0n) is 12.8. The van der Waals surface area contributed by atoms with Gasteiger partial charge in [-0.2, -0.15) is 0 Å². The Morgan fingerprint density at radius 2 is 1.70 bits per heavy atom. The number of rotatable bonds is 6. The van der Waals surface area contributed by atoms with Crippen molar-refractivity contribution in [2.75, 3.05) is 0 Å². The van der Waals surface area contributed by atoms with E-state index in [1.165, 1.54) is 12.8 Å². The molecule has 4 nitrogen and oxygen atoms in total. The van der Waals surface area contributed by atoms with Gasteiger partial charge in [-0.1, -0.05) is 19.8 Å². The molecule has 1 aliphatic rings. The molecule has 1 saturated carbocycles. The van der Waals surface area contributed by atoms with E-state index in [9.17, 15) is 9.59 Å². The van der Waals surface area contributed by atoms with Crippen molar-refractivity contribution in [1.82, 2.24) is 0 Å². The molecule has 0 amide bonds. The highest BCUT2D eigenvalue weighted by molar-refractivity contribution is 5.91. The minimum atomic E-state index is -0.511. The minimum Gasteiger partial charge on any atom is -0.460 e. The molecular weight excluding hydrogens is 256 g/mol. The third-order valence-electron chi connectivity index (χ3n) is 3.48. The molecule has 0 atom stereocenters. The van der Waals surface area contributed by atoms with E-state index in [1.54, 1.807) is 13.8 Å². The molecule has 1 rings (SSSR count). The van der Waals surface area contributed by atoms with E-state index in [-0.39, 0.29) is 12.2 Å². The molecule has 4 heteroatoms. The van der Waals surface area contributed by atoms with Gasteiger partial charge in [0, 0.05) is 12.2 Å². The number of esters is 2. The summed E-state index contributed by atoms with van der Waals surface area (Å²) in [5.41, 5.74) is 0. The Bertz CT molecular complexity index is 338.